The molecule has 1 aromatic heterocycles. The van der Waals surface area contributed by atoms with Crippen LogP contribution in [0.4, 0.5) is 0 Å². The molecule has 0 bridgehead atoms. The number of rotatable bonds is 3. The van der Waals surface area contributed by atoms with Gasteiger partial charge in [-0.2, -0.15) is 0 Å². The Morgan fingerprint density at radius 3 is 2.65 bits per heavy atom. The van der Waals surface area contributed by atoms with Crippen molar-refractivity contribution in [2.75, 3.05) is 6.26 Å². The molecule has 0 aliphatic carbocycles. The van der Waals surface area contributed by atoms with E-state index in [0.717, 1.165) is 27.5 Å². The van der Waals surface area contributed by atoms with Gasteiger partial charge in [0.05, 0.1) is 11.3 Å². The number of hydrogen-bond donors (Lipinski definition) is 0. The summed E-state index contributed by atoms with van der Waals surface area (Å²) in [5, 5.41) is 1.01. The highest BCUT2D eigenvalue weighted by Crippen LogP contribution is 2.29. The highest BCUT2D eigenvalue weighted by molar-refractivity contribution is 9.10. The fourth-order valence-electron chi connectivity index (χ4n) is 2.04. The number of halogens is 1. The van der Waals surface area contributed by atoms with Crippen LogP contribution in [0.1, 0.15) is 12.5 Å². The first-order chi connectivity index (χ1) is 7.92. The van der Waals surface area contributed by atoms with E-state index in [0.29, 0.717) is 0 Å². The lowest BCUT2D eigenvalue weighted by atomic mass is 10.2. The van der Waals surface area contributed by atoms with E-state index in [4.69, 9.17) is 0 Å². The van der Waals surface area contributed by atoms with Crippen molar-refractivity contribution in [1.82, 2.24) is 4.57 Å². The van der Waals surface area contributed by atoms with Crippen molar-refractivity contribution in [2.45, 2.75) is 19.2 Å². The maximum atomic E-state index is 11.4. The van der Waals surface area contributed by atoms with Crippen molar-refractivity contribution in [1.29, 1.82) is 0 Å². The van der Waals surface area contributed by atoms with Gasteiger partial charge in [0.1, 0.15) is 0 Å². The third kappa shape index (κ3) is 2.55. The van der Waals surface area contributed by atoms with Gasteiger partial charge in [0.25, 0.3) is 0 Å². The van der Waals surface area contributed by atoms with Gasteiger partial charge < -0.3 is 4.57 Å². The fraction of sp³-hybridized carbons (Fsp3) is 0.333. The average molecular weight is 316 g/mol. The highest BCUT2D eigenvalue weighted by Gasteiger charge is 2.13. The van der Waals surface area contributed by atoms with Crippen molar-refractivity contribution in [2.24, 2.45) is 0 Å². The van der Waals surface area contributed by atoms with Gasteiger partial charge in [-0.25, -0.2) is 8.42 Å². The zero-order valence-corrected chi connectivity index (χ0v) is 12.2. The molecule has 2 rings (SSSR count). The second kappa shape index (κ2) is 4.46. The monoisotopic (exact) mass is 315 g/mol. The maximum Gasteiger partial charge on any atom is 0.151 e. The van der Waals surface area contributed by atoms with Gasteiger partial charge in [-0.15, -0.1) is 0 Å². The second-order valence-corrected chi connectivity index (χ2v) is 7.14. The molecular formula is C12H14BrNO2S. The summed E-state index contributed by atoms with van der Waals surface area (Å²) < 4.78 is 25.9. The topological polar surface area (TPSA) is 39.1 Å². The Morgan fingerprint density at radius 1 is 1.35 bits per heavy atom. The van der Waals surface area contributed by atoms with Crippen molar-refractivity contribution in [3.8, 4) is 0 Å². The number of hydrogen-bond acceptors (Lipinski definition) is 2. The largest absolute Gasteiger partial charge is 0.347 e. The van der Waals surface area contributed by atoms with Crippen LogP contribution in [0, 0.1) is 0 Å². The summed E-state index contributed by atoms with van der Waals surface area (Å²) in [6, 6.07) is 5.86. The van der Waals surface area contributed by atoms with Crippen LogP contribution < -0.4 is 0 Å². The molecule has 0 aliphatic heterocycles. The van der Waals surface area contributed by atoms with Crippen LogP contribution in [0.5, 0.6) is 0 Å². The molecule has 0 radical (unpaired) electrons. The van der Waals surface area contributed by atoms with Crippen molar-refractivity contribution < 1.29 is 8.42 Å². The smallest absolute Gasteiger partial charge is 0.151 e. The minimum atomic E-state index is -3.01. The number of aryl methyl sites for hydroxylation is 1. The molecule has 0 atom stereocenters. The molecule has 17 heavy (non-hydrogen) atoms. The lowest BCUT2D eigenvalue weighted by Gasteiger charge is -2.01. The molecular weight excluding hydrogens is 302 g/mol. The van der Waals surface area contributed by atoms with Gasteiger partial charge in [-0.05, 0) is 34.5 Å². The van der Waals surface area contributed by atoms with E-state index in [1.165, 1.54) is 6.26 Å². The number of sulfone groups is 1. The summed E-state index contributed by atoms with van der Waals surface area (Å²) in [6.45, 7) is 2.87. The molecule has 0 amide bonds. The molecule has 0 spiro atoms. The third-order valence-corrected chi connectivity index (χ3v) is 4.17. The Labute approximate surface area is 109 Å². The third-order valence-electron chi connectivity index (χ3n) is 2.69. The summed E-state index contributed by atoms with van der Waals surface area (Å²) >= 11 is 3.51. The zero-order valence-electron chi connectivity index (χ0n) is 9.77. The molecule has 0 aliphatic rings. The zero-order chi connectivity index (χ0) is 12.6. The second-order valence-electron chi connectivity index (χ2n) is 4.15. The SMILES string of the molecule is CCn1cc(CS(C)(=O)=O)c2cccc(Br)c21. The maximum absolute atomic E-state index is 11.4. The predicted molar refractivity (Wildman–Crippen MR) is 73.9 cm³/mol. The molecule has 5 heteroatoms. The Kier molecular flexibility index (Phi) is 3.32. The lowest BCUT2D eigenvalue weighted by Crippen LogP contribution is -2.00. The number of nitrogens with zero attached hydrogens (tertiary/aromatic N) is 1. The summed E-state index contributed by atoms with van der Waals surface area (Å²) in [4.78, 5) is 0. The van der Waals surface area contributed by atoms with Crippen LogP contribution in [-0.2, 0) is 22.1 Å². The Hall–Kier alpha value is -0.810. The number of aromatic nitrogens is 1. The first-order valence-corrected chi connectivity index (χ1v) is 8.21. The standard InChI is InChI=1S/C12H14BrNO2S/c1-3-14-7-9(8-17(2,15)16)10-5-4-6-11(13)12(10)14/h4-7H,3,8H2,1-2H3. The van der Waals surface area contributed by atoms with Crippen LogP contribution in [0.15, 0.2) is 28.9 Å². The van der Waals surface area contributed by atoms with Crippen LogP contribution in [0.2, 0.25) is 0 Å². The van der Waals surface area contributed by atoms with Gasteiger partial charge in [-0.3, -0.25) is 0 Å². The minimum absolute atomic E-state index is 0.0902. The molecule has 1 aromatic carbocycles. The van der Waals surface area contributed by atoms with Crippen molar-refractivity contribution in [3.63, 3.8) is 0 Å². The molecule has 0 N–H and O–H groups in total. The molecule has 2 aromatic rings. The predicted octanol–water partition coefficient (Wildman–Crippen LogP) is 2.97. The summed E-state index contributed by atoms with van der Waals surface area (Å²) in [6.07, 6.45) is 3.19. The number of fused-ring (bicyclic) bond motifs is 1. The van der Waals surface area contributed by atoms with Gasteiger partial charge in [-0.1, -0.05) is 12.1 Å². The first kappa shape index (κ1) is 12.6. The Morgan fingerprint density at radius 2 is 2.06 bits per heavy atom. The normalized spacial score (nSPS) is 12.2. The van der Waals surface area contributed by atoms with E-state index in [9.17, 15) is 8.42 Å². The molecule has 0 saturated heterocycles. The highest BCUT2D eigenvalue weighted by atomic mass is 79.9. The van der Waals surface area contributed by atoms with Crippen LogP contribution in [0.25, 0.3) is 10.9 Å². The average Bonchev–Trinajstić information content (AvgIpc) is 2.56. The Balaban J connectivity index is 2.70. The molecule has 0 fully saturated rings. The number of para-hydroxylation sites is 1. The summed E-state index contributed by atoms with van der Waals surface area (Å²) in [7, 11) is -3.01. The Bertz CT molecular complexity index is 658. The van der Waals surface area contributed by atoms with Gasteiger partial charge in [0.2, 0.25) is 0 Å². The molecule has 3 nitrogen and oxygen atoms in total. The minimum Gasteiger partial charge on any atom is -0.347 e. The van der Waals surface area contributed by atoms with Crippen LogP contribution in [0.3, 0.4) is 0 Å². The first-order valence-electron chi connectivity index (χ1n) is 5.36. The summed E-state index contributed by atoms with van der Waals surface area (Å²) in [5.74, 6) is 0.0902. The molecule has 92 valence electrons. The van der Waals surface area contributed by atoms with E-state index in [1.807, 2.05) is 31.3 Å². The van der Waals surface area contributed by atoms with Crippen LogP contribution >= 0.6 is 15.9 Å². The van der Waals surface area contributed by atoms with E-state index < -0.39 is 9.84 Å². The van der Waals surface area contributed by atoms with Gasteiger partial charge in [0, 0.05) is 28.9 Å². The van der Waals surface area contributed by atoms with E-state index in [1.54, 1.807) is 0 Å². The van der Waals surface area contributed by atoms with Crippen molar-refractivity contribution >= 4 is 36.7 Å². The molecule has 1 heterocycles. The van der Waals surface area contributed by atoms with Crippen LogP contribution in [-0.4, -0.2) is 19.2 Å². The van der Waals surface area contributed by atoms with E-state index in [-0.39, 0.29) is 5.75 Å². The van der Waals surface area contributed by atoms with Gasteiger partial charge >= 0.3 is 0 Å². The van der Waals surface area contributed by atoms with E-state index >= 15 is 0 Å². The quantitative estimate of drug-likeness (QED) is 0.873. The molecule has 0 unspecified atom stereocenters. The lowest BCUT2D eigenvalue weighted by molar-refractivity contribution is 0.601. The number of benzene rings is 1. The van der Waals surface area contributed by atoms with E-state index in [2.05, 4.69) is 20.5 Å². The summed E-state index contributed by atoms with van der Waals surface area (Å²) in [5.41, 5.74) is 1.93. The fourth-order valence-corrected chi connectivity index (χ4v) is 3.42. The molecule has 0 saturated carbocycles. The van der Waals surface area contributed by atoms with Gasteiger partial charge in [0.15, 0.2) is 9.84 Å². The van der Waals surface area contributed by atoms with Crippen molar-refractivity contribution in [3.05, 3.63) is 34.4 Å².